The molecule has 1 aromatic carbocycles. The SMILES string of the molecule is CC[C@H](C)[C@@H]1NC(=O)[C@H](Cc2ccc(O)cc2)NC(=O)[C@H](CC(C)C)NC(=O)[C@@H]2CCCN2C(=O)[C@@H](NC(=O)[C@H](CCCNC(=N)N)NC(=O)[C@H](CCCNC(=N)N)NC(C)=O)CSSC[C@@H](C(=O)N[C@@H](CCCNC(=N)N)C(=O)N[C@@H](CCCNC(=N)N)C(N)=O)NC(=O)[C@H](C(C)C)NC(=O)[C@@H]2CCCN2C(=O)[C@H](CC(=O)O)NC(=O)[C@H](CC2CCCCC2)NC(=O)[C@H](CO)NC1=O. The van der Waals surface area contributed by atoms with Crippen LogP contribution in [0.15, 0.2) is 24.3 Å². The maximum atomic E-state index is 15.8. The Bertz CT molecular complexity index is 4250. The van der Waals surface area contributed by atoms with Gasteiger partial charge < -0.3 is 144 Å². The van der Waals surface area contributed by atoms with Crippen LogP contribution in [-0.2, 0) is 87.9 Å². The molecular formula is C84H140N28O20S2. The van der Waals surface area contributed by atoms with Gasteiger partial charge in [-0.1, -0.05) is 114 Å². The number of aliphatic hydroxyl groups is 1. The second-order valence-corrected chi connectivity index (χ2v) is 37.3. The zero-order valence-corrected chi connectivity index (χ0v) is 78.7. The van der Waals surface area contributed by atoms with Crippen LogP contribution in [0.1, 0.15) is 189 Å². The van der Waals surface area contributed by atoms with Gasteiger partial charge in [-0.3, -0.25) is 103 Å². The van der Waals surface area contributed by atoms with Crippen LogP contribution in [0.4, 0.5) is 0 Å². The molecule has 16 amide bonds. The van der Waals surface area contributed by atoms with Crippen molar-refractivity contribution in [1.82, 2.24) is 100 Å². The first-order chi connectivity index (χ1) is 63.4. The smallest absolute Gasteiger partial charge is 0.305 e. The first kappa shape index (κ1) is 112. The maximum absolute atomic E-state index is 15.8. The Morgan fingerprint density at radius 3 is 1.43 bits per heavy atom. The topological polar surface area (TPSA) is 787 Å². The van der Waals surface area contributed by atoms with Crippen LogP contribution >= 0.6 is 21.6 Å². The summed E-state index contributed by atoms with van der Waals surface area (Å²) < 4.78 is 0. The molecule has 748 valence electrons. The van der Waals surface area contributed by atoms with E-state index < -0.39 is 239 Å². The van der Waals surface area contributed by atoms with Gasteiger partial charge in [-0.25, -0.2) is 0 Å². The number of carboxylic acid groups (broad SMARTS) is 1. The van der Waals surface area contributed by atoms with Crippen molar-refractivity contribution in [1.29, 1.82) is 21.6 Å². The molecule has 0 aromatic heterocycles. The number of primary amides is 1. The van der Waals surface area contributed by atoms with Crippen LogP contribution in [0.25, 0.3) is 0 Å². The van der Waals surface area contributed by atoms with Gasteiger partial charge in [0, 0.05) is 64.1 Å². The van der Waals surface area contributed by atoms with Crippen LogP contribution in [0.3, 0.4) is 0 Å². The second-order valence-electron chi connectivity index (χ2n) is 34.8. The molecule has 1 aromatic rings. The van der Waals surface area contributed by atoms with Crippen LogP contribution in [0, 0.1) is 45.3 Å². The first-order valence-electron chi connectivity index (χ1n) is 45.4. The lowest BCUT2D eigenvalue weighted by atomic mass is 9.84. The van der Waals surface area contributed by atoms with Gasteiger partial charge in [-0.15, -0.1) is 0 Å². The number of nitrogens with two attached hydrogens (primary N) is 5. The van der Waals surface area contributed by atoms with Crippen molar-refractivity contribution in [3.8, 4) is 5.75 Å². The van der Waals surface area contributed by atoms with Crippen molar-refractivity contribution in [3.05, 3.63) is 29.8 Å². The molecule has 0 radical (unpaired) electrons. The summed E-state index contributed by atoms with van der Waals surface area (Å²) in [5.74, 6) is -22.2. The lowest BCUT2D eigenvalue weighted by Crippen LogP contribution is -2.62. The molecule has 0 unspecified atom stereocenters. The summed E-state index contributed by atoms with van der Waals surface area (Å²) in [6.07, 6.45) is 2.03. The highest BCUT2D eigenvalue weighted by atomic mass is 33.1. The number of phenolic OH excluding ortho intramolecular Hbond substituents is 1. The summed E-state index contributed by atoms with van der Waals surface area (Å²) in [7, 11) is 1.62. The van der Waals surface area contributed by atoms with Crippen molar-refractivity contribution < 1.29 is 96.8 Å². The van der Waals surface area contributed by atoms with E-state index in [4.69, 9.17) is 50.3 Å². The van der Waals surface area contributed by atoms with Gasteiger partial charge in [0.1, 0.15) is 96.4 Å². The van der Waals surface area contributed by atoms with Gasteiger partial charge in [0.25, 0.3) is 0 Å². The Kier molecular flexibility index (Phi) is 48.1. The van der Waals surface area contributed by atoms with Crippen molar-refractivity contribution in [2.24, 2.45) is 52.3 Å². The van der Waals surface area contributed by atoms with Crippen molar-refractivity contribution in [2.45, 2.75) is 280 Å². The number of benzene rings is 1. The van der Waals surface area contributed by atoms with E-state index in [1.807, 2.05) is 0 Å². The summed E-state index contributed by atoms with van der Waals surface area (Å²) >= 11 is 0. The van der Waals surface area contributed by atoms with Crippen molar-refractivity contribution >= 4 is 146 Å². The number of hydrogen-bond donors (Lipinski definition) is 29. The van der Waals surface area contributed by atoms with E-state index >= 15 is 38.4 Å². The highest BCUT2D eigenvalue weighted by molar-refractivity contribution is 8.76. The summed E-state index contributed by atoms with van der Waals surface area (Å²) in [5, 5.41) is 107. The molecule has 4 aliphatic rings. The molecule has 1 aliphatic carbocycles. The average molecular weight is 1930 g/mol. The zero-order chi connectivity index (χ0) is 99.6. The molecule has 1 saturated carbocycles. The Morgan fingerprint density at radius 2 is 0.933 bits per heavy atom. The first-order valence-corrected chi connectivity index (χ1v) is 47.9. The van der Waals surface area contributed by atoms with Crippen LogP contribution in [0.5, 0.6) is 5.75 Å². The maximum Gasteiger partial charge on any atom is 0.305 e. The monoisotopic (exact) mass is 1930 g/mol. The second kappa shape index (κ2) is 57.4. The normalized spacial score (nSPS) is 23.3. The van der Waals surface area contributed by atoms with Crippen LogP contribution in [-0.4, -0.2) is 297 Å². The average Bonchev–Trinajstić information content (AvgIpc) is 1.65. The third-order valence-electron chi connectivity index (χ3n) is 23.2. The molecule has 5 rings (SSSR count). The van der Waals surface area contributed by atoms with E-state index in [9.17, 15) is 58.5 Å². The van der Waals surface area contributed by atoms with Crippen molar-refractivity contribution in [2.75, 3.05) is 57.4 Å². The fraction of sp³-hybridized carbons (Fsp3) is 0.679. The molecule has 3 aliphatic heterocycles. The summed E-state index contributed by atoms with van der Waals surface area (Å²) in [5.41, 5.74) is 28.3. The number of aliphatic carboxylic acids is 1. The number of guanidine groups is 4. The number of hydrogen-bond acceptors (Lipinski definition) is 25. The molecule has 3 heterocycles. The number of aliphatic hydroxyl groups excluding tert-OH is 1. The molecule has 16 atom stereocenters. The predicted octanol–water partition coefficient (Wildman–Crippen LogP) is -5.64. The molecule has 48 nitrogen and oxygen atoms in total. The third-order valence-corrected chi connectivity index (χ3v) is 25.6. The van der Waals surface area contributed by atoms with Gasteiger partial charge in [0.2, 0.25) is 94.5 Å². The summed E-state index contributed by atoms with van der Waals surface area (Å²) in [6, 6.07) is -18.2. The number of carbonyl (C=O) groups excluding carboxylic acids is 16. The number of nitrogens with one attached hydrogen (secondary N) is 21. The summed E-state index contributed by atoms with van der Waals surface area (Å²) in [4.78, 5) is 251. The molecule has 34 N–H and O–H groups in total. The Hall–Kier alpha value is -12.2. The van der Waals surface area contributed by atoms with Gasteiger partial charge in [-0.2, -0.15) is 0 Å². The predicted molar refractivity (Wildman–Crippen MR) is 497 cm³/mol. The van der Waals surface area contributed by atoms with E-state index in [0.29, 0.717) is 18.4 Å². The molecule has 0 bridgehead atoms. The van der Waals surface area contributed by atoms with E-state index in [0.717, 1.165) is 57.6 Å². The van der Waals surface area contributed by atoms with E-state index in [2.05, 4.69) is 90.4 Å². The highest BCUT2D eigenvalue weighted by Gasteiger charge is 2.45. The largest absolute Gasteiger partial charge is 0.508 e. The quantitative estimate of drug-likeness (QED) is 0.0127. The van der Waals surface area contributed by atoms with Gasteiger partial charge >= 0.3 is 5.97 Å². The number of carbonyl (C=O) groups is 17. The minimum Gasteiger partial charge on any atom is -0.508 e. The molecule has 50 heteroatoms. The van der Waals surface area contributed by atoms with Gasteiger partial charge in [0.15, 0.2) is 23.8 Å². The number of fused-ring (bicyclic) bond motifs is 2. The zero-order valence-electron chi connectivity index (χ0n) is 77.1. The van der Waals surface area contributed by atoms with E-state index in [-0.39, 0.29) is 172 Å². The lowest BCUT2D eigenvalue weighted by Gasteiger charge is -2.32. The Balaban J connectivity index is 1.75. The molecular weight excluding hydrogens is 1790 g/mol. The number of amides is 16. The molecule has 4 fully saturated rings. The fourth-order valence-corrected chi connectivity index (χ4v) is 18.1. The lowest BCUT2D eigenvalue weighted by molar-refractivity contribution is -0.146. The number of phenols is 1. The van der Waals surface area contributed by atoms with Gasteiger partial charge in [-0.05, 0) is 131 Å². The highest BCUT2D eigenvalue weighted by Crippen LogP contribution is 2.30. The standard InChI is InChI=1S/C84H140N28O20S2/c1-8-45(6)65-78(130)106-58(40-113)73(125)103-55(37-47-18-10-9-11-19-47)71(123)105-57(39-63(116)117)79(131)111-34-17-25-62(111)76(128)109-64(44(4)5)77(129)107-59(74(126)101-52(22-14-32-96-83(90)91)68(120)99-50(66(85)118)20-12-30-94-81(86)87)41-133-134-42-60(108-69(121)53(23-15-33-97-84(92)93)100-67(119)51(98-46(7)114)21-13-31-95-82(88)89)80(132)112-35-16-24-61(112)75(127)104-54(36-43(2)3)70(122)102-56(72(124)110-65)38-48-26-28-49(115)29-27-48/h26-29,43-45,47,50-62,64-65,113,115H,8-25,30-42H2,1-7H3,(H2,85,118)(H,98,114)(H,99,120)(H,100,119)(H,101,126)(H,102,122)(H,103,125)(H,104,127)(H,105,123)(H,106,130)(H,107,129)(H,108,121)(H,109,128)(H,110,124)(H,116,117)(H4,86,87,94)(H4,88,89,95)(H4,90,91,96)(H4,92,93,97)/t45-,50-,51-,52-,53-,54-,55-,56-,57-,58-,59-,60-,61-,62-,64-,65-/m0/s1. The Labute approximate surface area is 786 Å². The van der Waals surface area contributed by atoms with Gasteiger partial charge in [0.05, 0.1) is 13.0 Å². The summed E-state index contributed by atoms with van der Waals surface area (Å²) in [6.45, 7) is 9.62. The third kappa shape index (κ3) is 38.8. The number of rotatable bonds is 38. The molecule has 3 saturated heterocycles. The van der Waals surface area contributed by atoms with E-state index in [1.54, 1.807) is 27.7 Å². The number of aromatic hydroxyl groups is 1. The van der Waals surface area contributed by atoms with Crippen molar-refractivity contribution in [3.63, 3.8) is 0 Å². The number of carboxylic acids is 1. The van der Waals surface area contributed by atoms with Crippen LogP contribution in [0.2, 0.25) is 0 Å². The minimum absolute atomic E-state index is 0.00855. The van der Waals surface area contributed by atoms with Crippen LogP contribution < -0.4 is 119 Å². The minimum atomic E-state index is -1.93. The Morgan fingerprint density at radius 1 is 0.493 bits per heavy atom. The fourth-order valence-electron chi connectivity index (χ4n) is 15.8. The molecule has 134 heavy (non-hydrogen) atoms. The molecule has 0 spiro atoms. The number of nitrogens with zero attached hydrogens (tertiary/aromatic N) is 2. The van der Waals surface area contributed by atoms with E-state index in [1.165, 1.54) is 38.1 Å².